The molecule has 1 aromatic heterocycles. The molecule has 2 aromatic rings. The van der Waals surface area contributed by atoms with Gasteiger partial charge in [0, 0.05) is 37.9 Å². The second-order valence-corrected chi connectivity index (χ2v) is 6.50. The van der Waals surface area contributed by atoms with Crippen molar-refractivity contribution in [1.29, 1.82) is 0 Å². The number of carbonyl (C=O) groups is 1. The van der Waals surface area contributed by atoms with E-state index < -0.39 is 0 Å². The number of ether oxygens (including phenoxy) is 1. The number of carbonyl (C=O) groups excluding carboxylic acids is 1. The summed E-state index contributed by atoms with van der Waals surface area (Å²) in [5.41, 5.74) is 1.03. The minimum Gasteiger partial charge on any atom is -0.494 e. The molecular weight excluding hydrogens is 314 g/mol. The second kappa shape index (κ2) is 8.19. The standard InChI is InChI=1S/C20H27N3O2/c1-3-22-13-11-21-20(22)17-6-5-12-23(15-17)19(24)14-16-7-9-18(10-8-16)25-4-2/h7-11,13,17H,3-6,12,14-15H2,1-2H3/t17-/m1/s1. The van der Waals surface area contributed by atoms with Crippen molar-refractivity contribution in [3.05, 3.63) is 48.0 Å². The van der Waals surface area contributed by atoms with Crippen LogP contribution in [0.2, 0.25) is 0 Å². The topological polar surface area (TPSA) is 47.4 Å². The molecule has 0 radical (unpaired) electrons. The first-order chi connectivity index (χ1) is 12.2. The van der Waals surface area contributed by atoms with Gasteiger partial charge in [-0.15, -0.1) is 0 Å². The zero-order valence-electron chi connectivity index (χ0n) is 15.1. The number of aryl methyl sites for hydroxylation is 1. The maximum atomic E-state index is 12.7. The molecule has 0 bridgehead atoms. The normalized spacial score (nSPS) is 17.5. The van der Waals surface area contributed by atoms with Gasteiger partial charge in [-0.05, 0) is 44.4 Å². The molecule has 0 unspecified atom stereocenters. The number of aromatic nitrogens is 2. The summed E-state index contributed by atoms with van der Waals surface area (Å²) < 4.78 is 7.64. The van der Waals surface area contributed by atoms with Gasteiger partial charge in [-0.1, -0.05) is 12.1 Å². The number of likely N-dealkylation sites (tertiary alicyclic amines) is 1. The van der Waals surface area contributed by atoms with Crippen LogP contribution in [0.3, 0.4) is 0 Å². The van der Waals surface area contributed by atoms with Crippen molar-refractivity contribution in [2.75, 3.05) is 19.7 Å². The molecule has 0 spiro atoms. The van der Waals surface area contributed by atoms with Crippen LogP contribution < -0.4 is 4.74 Å². The third-order valence-corrected chi connectivity index (χ3v) is 4.82. The molecule has 1 aromatic carbocycles. The molecule has 5 nitrogen and oxygen atoms in total. The van der Waals surface area contributed by atoms with Crippen LogP contribution in [0.25, 0.3) is 0 Å². The third kappa shape index (κ3) is 4.21. The zero-order chi connectivity index (χ0) is 17.6. The van der Waals surface area contributed by atoms with Gasteiger partial charge < -0.3 is 14.2 Å². The fourth-order valence-corrected chi connectivity index (χ4v) is 3.52. The highest BCUT2D eigenvalue weighted by molar-refractivity contribution is 5.79. The Labute approximate surface area is 149 Å². The number of hydrogen-bond donors (Lipinski definition) is 0. The predicted molar refractivity (Wildman–Crippen MR) is 97.8 cm³/mol. The molecule has 1 saturated heterocycles. The monoisotopic (exact) mass is 341 g/mol. The second-order valence-electron chi connectivity index (χ2n) is 6.50. The van der Waals surface area contributed by atoms with Gasteiger partial charge in [-0.3, -0.25) is 4.79 Å². The molecule has 1 aliphatic rings. The van der Waals surface area contributed by atoms with Crippen molar-refractivity contribution >= 4 is 5.91 Å². The van der Waals surface area contributed by atoms with Crippen LogP contribution >= 0.6 is 0 Å². The van der Waals surface area contributed by atoms with Crippen molar-refractivity contribution in [2.45, 2.75) is 45.6 Å². The number of rotatable bonds is 6. The van der Waals surface area contributed by atoms with E-state index in [0.717, 1.165) is 49.6 Å². The lowest BCUT2D eigenvalue weighted by Gasteiger charge is -2.32. The fraction of sp³-hybridized carbons (Fsp3) is 0.500. The molecule has 5 heteroatoms. The highest BCUT2D eigenvalue weighted by Gasteiger charge is 2.27. The van der Waals surface area contributed by atoms with Gasteiger partial charge in [0.15, 0.2) is 0 Å². The largest absolute Gasteiger partial charge is 0.494 e. The molecule has 134 valence electrons. The number of nitrogens with zero attached hydrogens (tertiary/aromatic N) is 3. The molecule has 25 heavy (non-hydrogen) atoms. The van der Waals surface area contributed by atoms with Crippen LogP contribution in [-0.4, -0.2) is 40.1 Å². The van der Waals surface area contributed by atoms with Crippen LogP contribution in [0.4, 0.5) is 0 Å². The highest BCUT2D eigenvalue weighted by atomic mass is 16.5. The summed E-state index contributed by atoms with van der Waals surface area (Å²) in [4.78, 5) is 19.2. The number of benzene rings is 1. The van der Waals surface area contributed by atoms with Gasteiger partial charge in [0.05, 0.1) is 13.0 Å². The molecule has 3 rings (SSSR count). The van der Waals surface area contributed by atoms with E-state index in [2.05, 4.69) is 16.5 Å². The fourth-order valence-electron chi connectivity index (χ4n) is 3.52. The van der Waals surface area contributed by atoms with E-state index in [4.69, 9.17) is 4.74 Å². The Morgan fingerprint density at radius 2 is 2.08 bits per heavy atom. The van der Waals surface area contributed by atoms with E-state index in [-0.39, 0.29) is 5.91 Å². The Balaban J connectivity index is 1.62. The molecule has 1 fully saturated rings. The predicted octanol–water partition coefficient (Wildman–Crippen LogP) is 3.25. The van der Waals surface area contributed by atoms with Gasteiger partial charge >= 0.3 is 0 Å². The first-order valence-electron chi connectivity index (χ1n) is 9.21. The lowest BCUT2D eigenvalue weighted by molar-refractivity contribution is -0.131. The number of piperidine rings is 1. The van der Waals surface area contributed by atoms with E-state index in [1.54, 1.807) is 0 Å². The number of imidazole rings is 1. The summed E-state index contributed by atoms with van der Waals surface area (Å²) in [5.74, 6) is 2.50. The van der Waals surface area contributed by atoms with E-state index in [1.807, 2.05) is 48.5 Å². The molecule has 1 aliphatic heterocycles. The van der Waals surface area contributed by atoms with Crippen molar-refractivity contribution < 1.29 is 9.53 Å². The van der Waals surface area contributed by atoms with Crippen molar-refractivity contribution in [2.24, 2.45) is 0 Å². The molecule has 0 aliphatic carbocycles. The molecular formula is C20H27N3O2. The maximum absolute atomic E-state index is 12.7. The first-order valence-corrected chi connectivity index (χ1v) is 9.21. The quantitative estimate of drug-likeness (QED) is 0.810. The molecule has 0 saturated carbocycles. The Hall–Kier alpha value is -2.30. The summed E-state index contributed by atoms with van der Waals surface area (Å²) >= 11 is 0. The van der Waals surface area contributed by atoms with Crippen molar-refractivity contribution in [1.82, 2.24) is 14.5 Å². The summed E-state index contributed by atoms with van der Waals surface area (Å²) in [6.07, 6.45) is 6.47. The lowest BCUT2D eigenvalue weighted by Crippen LogP contribution is -2.40. The molecule has 1 atom stereocenters. The van der Waals surface area contributed by atoms with Crippen molar-refractivity contribution in [3.63, 3.8) is 0 Å². The summed E-state index contributed by atoms with van der Waals surface area (Å²) in [7, 11) is 0. The first kappa shape index (κ1) is 17.5. The Morgan fingerprint density at radius 3 is 2.80 bits per heavy atom. The zero-order valence-corrected chi connectivity index (χ0v) is 15.1. The molecule has 2 heterocycles. The average molecular weight is 341 g/mol. The molecule has 0 N–H and O–H groups in total. The van der Waals surface area contributed by atoms with Crippen LogP contribution in [0, 0.1) is 0 Å². The number of amides is 1. The van der Waals surface area contributed by atoms with E-state index in [9.17, 15) is 4.79 Å². The van der Waals surface area contributed by atoms with Crippen LogP contribution in [0.5, 0.6) is 5.75 Å². The molecule has 1 amide bonds. The lowest BCUT2D eigenvalue weighted by atomic mass is 9.96. The Morgan fingerprint density at radius 1 is 1.28 bits per heavy atom. The summed E-state index contributed by atoms with van der Waals surface area (Å²) in [6, 6.07) is 7.83. The van der Waals surface area contributed by atoms with Gasteiger partial charge in [0.2, 0.25) is 5.91 Å². The summed E-state index contributed by atoms with van der Waals surface area (Å²) in [5, 5.41) is 0. The van der Waals surface area contributed by atoms with Crippen molar-refractivity contribution in [3.8, 4) is 5.75 Å². The maximum Gasteiger partial charge on any atom is 0.227 e. The Bertz CT molecular complexity index is 693. The van der Waals surface area contributed by atoms with Gasteiger partial charge in [0.25, 0.3) is 0 Å². The third-order valence-electron chi connectivity index (χ3n) is 4.82. The Kier molecular flexibility index (Phi) is 5.74. The van der Waals surface area contributed by atoms with E-state index in [1.165, 1.54) is 0 Å². The van der Waals surface area contributed by atoms with Gasteiger partial charge in [-0.2, -0.15) is 0 Å². The minimum absolute atomic E-state index is 0.198. The van der Waals surface area contributed by atoms with Gasteiger partial charge in [-0.25, -0.2) is 4.98 Å². The smallest absolute Gasteiger partial charge is 0.227 e. The van der Waals surface area contributed by atoms with Gasteiger partial charge in [0.1, 0.15) is 11.6 Å². The number of hydrogen-bond acceptors (Lipinski definition) is 3. The van der Waals surface area contributed by atoms with E-state index in [0.29, 0.717) is 18.9 Å². The average Bonchev–Trinajstić information content (AvgIpc) is 3.12. The minimum atomic E-state index is 0.198. The highest BCUT2D eigenvalue weighted by Crippen LogP contribution is 2.26. The van der Waals surface area contributed by atoms with Crippen LogP contribution in [0.1, 0.15) is 44.0 Å². The van der Waals surface area contributed by atoms with Crippen LogP contribution in [0.15, 0.2) is 36.7 Å². The van der Waals surface area contributed by atoms with E-state index >= 15 is 0 Å². The summed E-state index contributed by atoms with van der Waals surface area (Å²) in [6.45, 7) is 7.29. The van der Waals surface area contributed by atoms with Crippen LogP contribution in [-0.2, 0) is 17.8 Å². The SMILES string of the molecule is CCOc1ccc(CC(=O)N2CCC[C@@H](c3nccn3CC)C2)cc1.